The highest BCUT2D eigenvalue weighted by atomic mass is 16.3. The summed E-state index contributed by atoms with van der Waals surface area (Å²) in [7, 11) is 0. The van der Waals surface area contributed by atoms with E-state index in [9.17, 15) is 0 Å². The zero-order valence-corrected chi connectivity index (χ0v) is 21.8. The molecule has 0 aliphatic carbocycles. The van der Waals surface area contributed by atoms with E-state index >= 15 is 0 Å². The van der Waals surface area contributed by atoms with Gasteiger partial charge in [0.05, 0.1) is 0 Å². The third-order valence-electron chi connectivity index (χ3n) is 7.81. The number of para-hydroxylation sites is 1. The van der Waals surface area contributed by atoms with Crippen LogP contribution in [-0.2, 0) is 0 Å². The van der Waals surface area contributed by atoms with Gasteiger partial charge in [0.2, 0.25) is 0 Å². The van der Waals surface area contributed by atoms with Crippen molar-refractivity contribution in [2.45, 2.75) is 0 Å². The lowest BCUT2D eigenvalue weighted by atomic mass is 9.90. The molecule has 7 aromatic carbocycles. The molecular formula is C38H25NO. The molecule has 0 atom stereocenters. The van der Waals surface area contributed by atoms with Crippen molar-refractivity contribution in [3.63, 3.8) is 0 Å². The first-order valence-corrected chi connectivity index (χ1v) is 13.6. The fourth-order valence-corrected chi connectivity index (χ4v) is 5.78. The van der Waals surface area contributed by atoms with E-state index in [-0.39, 0.29) is 0 Å². The Labute approximate surface area is 232 Å². The number of fused-ring (bicyclic) bond motifs is 5. The van der Waals surface area contributed by atoms with E-state index in [1.54, 1.807) is 0 Å². The number of benzene rings is 7. The quantitative estimate of drug-likeness (QED) is 0.254. The van der Waals surface area contributed by atoms with Crippen molar-refractivity contribution in [2.75, 3.05) is 5.32 Å². The topological polar surface area (TPSA) is 25.2 Å². The second-order valence-electron chi connectivity index (χ2n) is 10.3. The molecule has 0 unspecified atom stereocenters. The summed E-state index contributed by atoms with van der Waals surface area (Å²) in [5.41, 5.74) is 8.78. The SMILES string of the molecule is c1ccc2cc(-c3cc4ccccc4cc3-c3ccc(Nc4ccc5oc6ccccc6c5c4)cc3)ccc2c1. The third kappa shape index (κ3) is 3.90. The molecule has 1 heterocycles. The normalized spacial score (nSPS) is 11.5. The zero-order chi connectivity index (χ0) is 26.5. The summed E-state index contributed by atoms with van der Waals surface area (Å²) in [6.07, 6.45) is 0. The van der Waals surface area contributed by atoms with Gasteiger partial charge in [0.1, 0.15) is 11.2 Å². The molecule has 0 saturated heterocycles. The molecule has 0 aliphatic rings. The molecule has 0 aliphatic heterocycles. The lowest BCUT2D eigenvalue weighted by Crippen LogP contribution is -1.91. The molecule has 188 valence electrons. The minimum absolute atomic E-state index is 0.902. The maximum Gasteiger partial charge on any atom is 0.135 e. The third-order valence-corrected chi connectivity index (χ3v) is 7.81. The molecule has 0 radical (unpaired) electrons. The number of furan rings is 1. The van der Waals surface area contributed by atoms with Crippen molar-refractivity contribution < 1.29 is 4.42 Å². The van der Waals surface area contributed by atoms with Gasteiger partial charge >= 0.3 is 0 Å². The molecule has 8 aromatic rings. The molecular weight excluding hydrogens is 486 g/mol. The van der Waals surface area contributed by atoms with Crippen LogP contribution < -0.4 is 5.32 Å². The van der Waals surface area contributed by atoms with Gasteiger partial charge in [-0.3, -0.25) is 0 Å². The maximum absolute atomic E-state index is 6.00. The van der Waals surface area contributed by atoms with Crippen LogP contribution in [0.15, 0.2) is 150 Å². The van der Waals surface area contributed by atoms with Crippen LogP contribution in [0, 0.1) is 0 Å². The minimum atomic E-state index is 0.902. The van der Waals surface area contributed by atoms with Crippen molar-refractivity contribution in [3.05, 3.63) is 146 Å². The largest absolute Gasteiger partial charge is 0.456 e. The average Bonchev–Trinajstić information content (AvgIpc) is 3.39. The molecule has 0 saturated carbocycles. The van der Waals surface area contributed by atoms with E-state index in [1.165, 1.54) is 43.8 Å². The lowest BCUT2D eigenvalue weighted by Gasteiger charge is -2.14. The standard InChI is InChI=1S/C38H25NO/c1-2-8-27-21-30(14-13-25(27)7-1)35-23-29-10-4-3-9-28(29)22-34(35)26-15-17-31(18-16-26)39-32-19-20-38-36(24-32)33-11-5-6-12-37(33)40-38/h1-24,39H. The van der Waals surface area contributed by atoms with E-state index in [4.69, 9.17) is 4.42 Å². The van der Waals surface area contributed by atoms with E-state index < -0.39 is 0 Å². The summed E-state index contributed by atoms with van der Waals surface area (Å²) in [5, 5.41) is 10.8. The zero-order valence-electron chi connectivity index (χ0n) is 21.8. The fourth-order valence-electron chi connectivity index (χ4n) is 5.78. The van der Waals surface area contributed by atoms with Crippen LogP contribution in [0.5, 0.6) is 0 Å². The summed E-state index contributed by atoms with van der Waals surface area (Å²) >= 11 is 0. The number of hydrogen-bond acceptors (Lipinski definition) is 2. The molecule has 0 spiro atoms. The Balaban J connectivity index is 1.18. The van der Waals surface area contributed by atoms with Gasteiger partial charge < -0.3 is 9.73 Å². The summed E-state index contributed by atoms with van der Waals surface area (Å²) in [6, 6.07) is 51.7. The number of hydrogen-bond donors (Lipinski definition) is 1. The van der Waals surface area contributed by atoms with E-state index in [1.807, 2.05) is 18.2 Å². The second-order valence-corrected chi connectivity index (χ2v) is 10.3. The van der Waals surface area contributed by atoms with Crippen LogP contribution in [0.2, 0.25) is 0 Å². The average molecular weight is 512 g/mol. The van der Waals surface area contributed by atoms with Gasteiger partial charge in [-0.15, -0.1) is 0 Å². The Kier molecular flexibility index (Phi) is 5.17. The molecule has 0 bridgehead atoms. The van der Waals surface area contributed by atoms with Crippen LogP contribution in [0.25, 0.3) is 65.7 Å². The van der Waals surface area contributed by atoms with Gasteiger partial charge in [-0.1, -0.05) is 91.0 Å². The van der Waals surface area contributed by atoms with Crippen LogP contribution in [0.3, 0.4) is 0 Å². The van der Waals surface area contributed by atoms with Gasteiger partial charge in [-0.05, 0) is 98.4 Å². The van der Waals surface area contributed by atoms with Crippen LogP contribution in [-0.4, -0.2) is 0 Å². The van der Waals surface area contributed by atoms with Gasteiger partial charge in [0.25, 0.3) is 0 Å². The second kappa shape index (κ2) is 9.14. The Morgan fingerprint density at radius 1 is 0.375 bits per heavy atom. The monoisotopic (exact) mass is 511 g/mol. The van der Waals surface area contributed by atoms with E-state index in [2.05, 4.69) is 133 Å². The molecule has 0 fully saturated rings. The smallest absolute Gasteiger partial charge is 0.135 e. The number of rotatable bonds is 4. The van der Waals surface area contributed by atoms with Gasteiger partial charge in [-0.2, -0.15) is 0 Å². The molecule has 2 heteroatoms. The summed E-state index contributed by atoms with van der Waals surface area (Å²) in [4.78, 5) is 0. The maximum atomic E-state index is 6.00. The van der Waals surface area contributed by atoms with Crippen molar-refractivity contribution >= 4 is 54.9 Å². The first kappa shape index (κ1) is 22.6. The predicted octanol–water partition coefficient (Wildman–Crippen LogP) is 11.0. The van der Waals surface area contributed by atoms with Crippen LogP contribution in [0.4, 0.5) is 11.4 Å². The van der Waals surface area contributed by atoms with Gasteiger partial charge in [0, 0.05) is 22.1 Å². The van der Waals surface area contributed by atoms with Gasteiger partial charge in [-0.25, -0.2) is 0 Å². The Bertz CT molecular complexity index is 2190. The summed E-state index contributed by atoms with van der Waals surface area (Å²) < 4.78 is 6.00. The molecule has 2 nitrogen and oxygen atoms in total. The first-order valence-electron chi connectivity index (χ1n) is 13.6. The molecule has 8 rings (SSSR count). The van der Waals surface area contributed by atoms with Crippen molar-refractivity contribution in [1.82, 2.24) is 0 Å². The van der Waals surface area contributed by atoms with Crippen molar-refractivity contribution in [3.8, 4) is 22.3 Å². The van der Waals surface area contributed by atoms with Gasteiger partial charge in [0.15, 0.2) is 0 Å². The molecule has 1 aromatic heterocycles. The van der Waals surface area contributed by atoms with Crippen LogP contribution >= 0.6 is 0 Å². The van der Waals surface area contributed by atoms with Crippen molar-refractivity contribution in [1.29, 1.82) is 0 Å². The lowest BCUT2D eigenvalue weighted by molar-refractivity contribution is 0.669. The van der Waals surface area contributed by atoms with Crippen molar-refractivity contribution in [2.24, 2.45) is 0 Å². The van der Waals surface area contributed by atoms with E-state index in [0.29, 0.717) is 0 Å². The number of anilines is 2. The molecule has 40 heavy (non-hydrogen) atoms. The van der Waals surface area contributed by atoms with Crippen LogP contribution in [0.1, 0.15) is 0 Å². The molecule has 0 amide bonds. The Hall–Kier alpha value is -5.34. The first-order chi connectivity index (χ1) is 19.8. The Morgan fingerprint density at radius 2 is 0.950 bits per heavy atom. The minimum Gasteiger partial charge on any atom is -0.456 e. The highest BCUT2D eigenvalue weighted by Gasteiger charge is 2.12. The van der Waals surface area contributed by atoms with E-state index in [0.717, 1.165) is 33.3 Å². The summed E-state index contributed by atoms with van der Waals surface area (Å²) in [6.45, 7) is 0. The highest BCUT2D eigenvalue weighted by Crippen LogP contribution is 2.38. The Morgan fingerprint density at radius 3 is 1.73 bits per heavy atom. The number of nitrogens with one attached hydrogen (secondary N) is 1. The fraction of sp³-hybridized carbons (Fsp3) is 0. The molecule has 1 N–H and O–H groups in total. The predicted molar refractivity (Wildman–Crippen MR) is 169 cm³/mol. The highest BCUT2D eigenvalue weighted by molar-refractivity contribution is 6.06. The summed E-state index contributed by atoms with van der Waals surface area (Å²) in [5.74, 6) is 0.